The van der Waals surface area contributed by atoms with Crippen LogP contribution in [0.3, 0.4) is 0 Å². The minimum absolute atomic E-state index is 0.0217. The highest BCUT2D eigenvalue weighted by molar-refractivity contribution is 5.99. The van der Waals surface area contributed by atoms with Crippen LogP contribution in [0.1, 0.15) is 28.8 Å². The van der Waals surface area contributed by atoms with E-state index in [9.17, 15) is 4.79 Å². The summed E-state index contributed by atoms with van der Waals surface area (Å²) in [6, 6.07) is 7.90. The Bertz CT molecular complexity index is 718. The number of methoxy groups -OCH3 is 1. The summed E-state index contributed by atoms with van der Waals surface area (Å²) in [6.45, 7) is 5.22. The molecule has 2 heterocycles. The third-order valence-electron chi connectivity index (χ3n) is 5.03. The Morgan fingerprint density at radius 1 is 1.33 bits per heavy atom. The van der Waals surface area contributed by atoms with Crippen molar-refractivity contribution in [3.8, 4) is 0 Å². The van der Waals surface area contributed by atoms with E-state index in [-0.39, 0.29) is 11.3 Å². The number of aryl methyl sites for hydroxylation is 1. The van der Waals surface area contributed by atoms with Crippen LogP contribution in [0.5, 0.6) is 0 Å². The van der Waals surface area contributed by atoms with Crippen molar-refractivity contribution in [3.05, 3.63) is 41.6 Å². The zero-order valence-corrected chi connectivity index (χ0v) is 14.4. The number of benzene rings is 1. The summed E-state index contributed by atoms with van der Waals surface area (Å²) in [4.78, 5) is 17.1. The zero-order valence-electron chi connectivity index (χ0n) is 14.4. The van der Waals surface area contributed by atoms with Crippen LogP contribution in [0.15, 0.2) is 30.5 Å². The van der Waals surface area contributed by atoms with Gasteiger partial charge in [0.15, 0.2) is 0 Å². The summed E-state index contributed by atoms with van der Waals surface area (Å²) in [6.07, 6.45) is 3.70. The van der Waals surface area contributed by atoms with Gasteiger partial charge in [-0.25, -0.2) is 0 Å². The molecule has 0 spiro atoms. The number of amides is 1. The molecule has 1 fully saturated rings. The maximum atomic E-state index is 12.7. The third kappa shape index (κ3) is 3.42. The van der Waals surface area contributed by atoms with Gasteiger partial charge < -0.3 is 15.4 Å². The molecule has 0 unspecified atom stereocenters. The van der Waals surface area contributed by atoms with Crippen molar-refractivity contribution in [1.82, 2.24) is 15.6 Å². The lowest BCUT2D eigenvalue weighted by atomic mass is 9.79. The van der Waals surface area contributed by atoms with Crippen LogP contribution >= 0.6 is 0 Å². The van der Waals surface area contributed by atoms with Crippen molar-refractivity contribution in [2.45, 2.75) is 19.8 Å². The van der Waals surface area contributed by atoms with Gasteiger partial charge in [-0.3, -0.25) is 9.78 Å². The molecule has 0 radical (unpaired) electrons. The molecule has 1 amide bonds. The van der Waals surface area contributed by atoms with Gasteiger partial charge in [0.05, 0.1) is 17.7 Å². The van der Waals surface area contributed by atoms with Crippen molar-refractivity contribution in [2.75, 3.05) is 33.4 Å². The minimum atomic E-state index is -0.0558. The molecule has 0 aliphatic carbocycles. The minimum Gasteiger partial charge on any atom is -0.384 e. The normalized spacial score (nSPS) is 16.9. The number of para-hydroxylation sites is 1. The Kier molecular flexibility index (Phi) is 5.11. The summed E-state index contributed by atoms with van der Waals surface area (Å²) < 4.78 is 5.41. The quantitative estimate of drug-likeness (QED) is 0.884. The van der Waals surface area contributed by atoms with E-state index < -0.39 is 0 Å². The number of aromatic nitrogens is 1. The molecule has 5 nitrogen and oxygen atoms in total. The molecule has 1 saturated heterocycles. The summed E-state index contributed by atoms with van der Waals surface area (Å²) in [5.41, 5.74) is 2.56. The van der Waals surface area contributed by atoms with Gasteiger partial charge in [0.25, 0.3) is 5.91 Å². The summed E-state index contributed by atoms with van der Waals surface area (Å²) >= 11 is 0. The number of carbonyl (C=O) groups is 1. The van der Waals surface area contributed by atoms with Gasteiger partial charge in [-0.2, -0.15) is 0 Å². The number of carbonyl (C=O) groups excluding carboxylic acids is 1. The number of rotatable bonds is 5. The lowest BCUT2D eigenvalue weighted by molar-refractivity contribution is 0.0511. The Morgan fingerprint density at radius 2 is 2.08 bits per heavy atom. The molecule has 24 heavy (non-hydrogen) atoms. The Hall–Kier alpha value is -1.98. The second kappa shape index (κ2) is 7.28. The van der Waals surface area contributed by atoms with E-state index in [0.717, 1.165) is 42.4 Å². The first-order valence-corrected chi connectivity index (χ1v) is 8.47. The fourth-order valence-corrected chi connectivity index (χ4v) is 3.51. The van der Waals surface area contributed by atoms with E-state index in [2.05, 4.69) is 15.6 Å². The Labute approximate surface area is 142 Å². The Balaban J connectivity index is 1.76. The number of nitrogens with one attached hydrogen (secondary N) is 2. The van der Waals surface area contributed by atoms with Gasteiger partial charge >= 0.3 is 0 Å². The summed E-state index contributed by atoms with van der Waals surface area (Å²) in [7, 11) is 1.73. The topological polar surface area (TPSA) is 63.2 Å². The zero-order chi connectivity index (χ0) is 17.0. The molecule has 0 atom stereocenters. The molecule has 1 aromatic carbocycles. The van der Waals surface area contributed by atoms with Crippen LogP contribution in [-0.4, -0.2) is 44.2 Å². The molecule has 128 valence electrons. The number of pyridine rings is 1. The number of nitrogens with zero attached hydrogens (tertiary/aromatic N) is 1. The highest BCUT2D eigenvalue weighted by atomic mass is 16.5. The molecule has 1 aliphatic rings. The molecular weight excluding hydrogens is 302 g/mol. The van der Waals surface area contributed by atoms with Crippen molar-refractivity contribution in [2.24, 2.45) is 5.41 Å². The lowest BCUT2D eigenvalue weighted by Crippen LogP contribution is -2.47. The molecule has 5 heteroatoms. The molecule has 2 aromatic rings. The molecular formula is C19H25N3O2. The average molecular weight is 327 g/mol. The van der Waals surface area contributed by atoms with Gasteiger partial charge in [-0.1, -0.05) is 18.2 Å². The molecule has 0 bridgehead atoms. The number of fused-ring (bicyclic) bond motifs is 1. The van der Waals surface area contributed by atoms with Gasteiger partial charge in [0.1, 0.15) is 0 Å². The third-order valence-corrected chi connectivity index (χ3v) is 5.03. The number of ether oxygens (including phenoxy) is 1. The summed E-state index contributed by atoms with van der Waals surface area (Å²) in [5, 5.41) is 7.51. The second-order valence-corrected chi connectivity index (χ2v) is 6.68. The standard InChI is InChI=1S/C19H25N3O2/c1-14-15-5-3-4-6-17(15)21-11-16(14)18(23)22-12-19(13-24-2)7-9-20-10-8-19/h3-6,11,20H,7-10,12-13H2,1-2H3,(H,22,23). The van der Waals surface area contributed by atoms with E-state index in [1.54, 1.807) is 13.3 Å². The van der Waals surface area contributed by atoms with E-state index >= 15 is 0 Å². The SMILES string of the molecule is COCC1(CNC(=O)c2cnc3ccccc3c2C)CCNCC1. The fourth-order valence-electron chi connectivity index (χ4n) is 3.51. The van der Waals surface area contributed by atoms with Crippen LogP contribution in [0, 0.1) is 12.3 Å². The highest BCUT2D eigenvalue weighted by Crippen LogP contribution is 2.28. The first-order chi connectivity index (χ1) is 11.7. The van der Waals surface area contributed by atoms with E-state index in [0.29, 0.717) is 18.7 Å². The second-order valence-electron chi connectivity index (χ2n) is 6.68. The van der Waals surface area contributed by atoms with Crippen molar-refractivity contribution in [3.63, 3.8) is 0 Å². The number of hydrogen-bond acceptors (Lipinski definition) is 4. The van der Waals surface area contributed by atoms with Crippen LogP contribution < -0.4 is 10.6 Å². The van der Waals surface area contributed by atoms with E-state index in [1.165, 1.54) is 0 Å². The van der Waals surface area contributed by atoms with E-state index in [1.807, 2.05) is 31.2 Å². The van der Waals surface area contributed by atoms with E-state index in [4.69, 9.17) is 4.74 Å². The predicted octanol–water partition coefficient (Wildman–Crippen LogP) is 2.29. The van der Waals surface area contributed by atoms with Crippen LogP contribution in [0.2, 0.25) is 0 Å². The van der Waals surface area contributed by atoms with Crippen LogP contribution in [0.4, 0.5) is 0 Å². The maximum Gasteiger partial charge on any atom is 0.253 e. The molecule has 2 N–H and O–H groups in total. The van der Waals surface area contributed by atoms with Crippen molar-refractivity contribution < 1.29 is 9.53 Å². The van der Waals surface area contributed by atoms with Crippen molar-refractivity contribution >= 4 is 16.8 Å². The average Bonchev–Trinajstić information content (AvgIpc) is 2.61. The molecule has 1 aliphatic heterocycles. The maximum absolute atomic E-state index is 12.7. The van der Waals surface area contributed by atoms with Crippen LogP contribution in [0.25, 0.3) is 10.9 Å². The first kappa shape index (κ1) is 16.9. The van der Waals surface area contributed by atoms with Gasteiger partial charge in [0, 0.05) is 30.7 Å². The number of piperidine rings is 1. The molecule has 3 rings (SSSR count). The van der Waals surface area contributed by atoms with Gasteiger partial charge in [0.2, 0.25) is 0 Å². The lowest BCUT2D eigenvalue weighted by Gasteiger charge is -2.37. The smallest absolute Gasteiger partial charge is 0.253 e. The van der Waals surface area contributed by atoms with Gasteiger partial charge in [-0.05, 0) is 44.5 Å². The molecule has 0 saturated carbocycles. The number of hydrogen-bond donors (Lipinski definition) is 2. The summed E-state index contributed by atoms with van der Waals surface area (Å²) in [5.74, 6) is -0.0558. The fraction of sp³-hybridized carbons (Fsp3) is 0.474. The Morgan fingerprint density at radius 3 is 2.83 bits per heavy atom. The predicted molar refractivity (Wildman–Crippen MR) is 95.2 cm³/mol. The first-order valence-electron chi connectivity index (χ1n) is 8.47. The largest absolute Gasteiger partial charge is 0.384 e. The highest BCUT2D eigenvalue weighted by Gasteiger charge is 2.32. The van der Waals surface area contributed by atoms with Gasteiger partial charge in [-0.15, -0.1) is 0 Å². The monoisotopic (exact) mass is 327 g/mol. The van der Waals surface area contributed by atoms with Crippen LogP contribution in [-0.2, 0) is 4.74 Å². The molecule has 1 aromatic heterocycles. The van der Waals surface area contributed by atoms with Crippen molar-refractivity contribution in [1.29, 1.82) is 0 Å².